The van der Waals surface area contributed by atoms with E-state index in [9.17, 15) is 8.78 Å². The van der Waals surface area contributed by atoms with Crippen molar-refractivity contribution in [3.05, 3.63) is 106 Å². The van der Waals surface area contributed by atoms with E-state index in [2.05, 4.69) is 52.0 Å². The summed E-state index contributed by atoms with van der Waals surface area (Å²) in [5.41, 5.74) is 6.02. The molecule has 1 aliphatic carbocycles. The van der Waals surface area contributed by atoms with Crippen LogP contribution < -0.4 is 0 Å². The quantitative estimate of drug-likeness (QED) is 0.271. The van der Waals surface area contributed by atoms with Gasteiger partial charge in [0.1, 0.15) is 11.6 Å². The Bertz CT molecular complexity index is 885. The highest BCUT2D eigenvalue weighted by Crippen LogP contribution is 2.27. The first-order valence-electron chi connectivity index (χ1n) is 12.5. The molecule has 1 fully saturated rings. The summed E-state index contributed by atoms with van der Waals surface area (Å²) in [5, 5.41) is 0. The van der Waals surface area contributed by atoms with Gasteiger partial charge in [-0.1, -0.05) is 129 Å². The average Bonchev–Trinajstić information content (AvgIpc) is 2.79. The van der Waals surface area contributed by atoms with Crippen molar-refractivity contribution >= 4 is 0 Å². The van der Waals surface area contributed by atoms with Crippen molar-refractivity contribution in [2.45, 2.75) is 111 Å². The molecule has 0 aromatic heterocycles. The van der Waals surface area contributed by atoms with Crippen LogP contribution in [-0.4, -0.2) is 0 Å². The van der Waals surface area contributed by atoms with Crippen LogP contribution in [0.5, 0.6) is 0 Å². The van der Waals surface area contributed by atoms with Gasteiger partial charge in [0, 0.05) is 0 Å². The average molecular weight is 531 g/mol. The maximum atomic E-state index is 12.6. The minimum atomic E-state index is -0.116. The largest absolute Gasteiger partial charge is 0.207 e. The lowest BCUT2D eigenvalue weighted by Crippen LogP contribution is -2.08. The molecule has 0 N–H and O–H groups in total. The lowest BCUT2D eigenvalue weighted by atomic mass is 9.84. The molecule has 38 heavy (non-hydrogen) atoms. The minimum Gasteiger partial charge on any atom is -0.207 e. The molecule has 3 aromatic carbocycles. The summed E-state index contributed by atoms with van der Waals surface area (Å²) in [5.74, 6) is 1.81. The van der Waals surface area contributed by atoms with Gasteiger partial charge in [-0.05, 0) is 87.8 Å². The van der Waals surface area contributed by atoms with Crippen LogP contribution in [0.2, 0.25) is 0 Å². The molecule has 0 nitrogen and oxygen atoms in total. The molecule has 0 saturated heterocycles. The van der Waals surface area contributed by atoms with E-state index >= 15 is 0 Å². The van der Waals surface area contributed by atoms with Gasteiger partial charge in [-0.2, -0.15) is 0 Å². The Hall–Kier alpha value is -2.48. The van der Waals surface area contributed by atoms with E-state index in [0.717, 1.165) is 23.0 Å². The summed E-state index contributed by atoms with van der Waals surface area (Å²) in [6.45, 7) is 16.2. The van der Waals surface area contributed by atoms with Gasteiger partial charge >= 0.3 is 0 Å². The summed E-state index contributed by atoms with van der Waals surface area (Å²) in [7, 11) is 0. The molecular weight excluding hydrogens is 470 g/mol. The molecule has 0 atom stereocenters. The van der Waals surface area contributed by atoms with E-state index in [-0.39, 0.29) is 41.3 Å². The van der Waals surface area contributed by atoms with E-state index in [0.29, 0.717) is 11.1 Å². The van der Waals surface area contributed by atoms with E-state index < -0.39 is 0 Å². The molecule has 0 bridgehead atoms. The number of rotatable bonds is 0. The third-order valence-electron chi connectivity index (χ3n) is 6.18. The lowest BCUT2D eigenvalue weighted by Gasteiger charge is -2.22. The number of aryl methyl sites for hydroxylation is 6. The number of hydrogen-bond acceptors (Lipinski definition) is 0. The monoisotopic (exact) mass is 530 g/mol. The molecule has 2 heteroatoms. The smallest absolute Gasteiger partial charge is 0.126 e. The van der Waals surface area contributed by atoms with Crippen molar-refractivity contribution in [1.29, 1.82) is 0 Å². The topological polar surface area (TPSA) is 0 Å². The Morgan fingerprint density at radius 3 is 0.895 bits per heavy atom. The first-order chi connectivity index (χ1) is 16.0. The van der Waals surface area contributed by atoms with Crippen molar-refractivity contribution < 1.29 is 8.78 Å². The lowest BCUT2D eigenvalue weighted by molar-refractivity contribution is 0.308. The number of hydrogen-bond donors (Lipinski definition) is 0. The van der Waals surface area contributed by atoms with Crippen molar-refractivity contribution in [3.8, 4) is 0 Å². The van der Waals surface area contributed by atoms with Crippen LogP contribution in [0.3, 0.4) is 0 Å². The zero-order valence-corrected chi connectivity index (χ0v) is 22.5. The molecule has 218 valence electrons. The summed E-state index contributed by atoms with van der Waals surface area (Å²) in [6.07, 6.45) is 5.89. The van der Waals surface area contributed by atoms with E-state index in [1.807, 2.05) is 26.0 Å². The Labute approximate surface area is 236 Å². The zero-order valence-electron chi connectivity index (χ0n) is 22.5. The standard InChI is InChI=1S/2C8H9F.C8H16.C8H10.4CH4/c2*1-6-3-4-7(2)8(9)5-6;2*1-7-3-5-8(2)6-4-7;;;;/h2*3-5H,1-2H3;7-8H,3-6H2,1-2H3;3-6H,1-2H3;4*1H4. The van der Waals surface area contributed by atoms with Gasteiger partial charge in [-0.3, -0.25) is 0 Å². The molecule has 3 aromatic rings. The third kappa shape index (κ3) is 18.7. The molecule has 0 heterocycles. The highest BCUT2D eigenvalue weighted by molar-refractivity contribution is 5.22. The van der Waals surface area contributed by atoms with Gasteiger partial charge in [0.05, 0.1) is 0 Å². The Kier molecular flexibility index (Phi) is 25.2. The summed E-state index contributed by atoms with van der Waals surface area (Å²) >= 11 is 0. The van der Waals surface area contributed by atoms with E-state index in [1.54, 1.807) is 26.0 Å². The predicted octanol–water partition coefficient (Wildman–Crippen LogP) is 12.6. The minimum absolute atomic E-state index is 0. The fourth-order valence-electron chi connectivity index (χ4n) is 3.46. The van der Waals surface area contributed by atoms with Gasteiger partial charge < -0.3 is 0 Å². The van der Waals surface area contributed by atoms with Crippen LogP contribution in [0.25, 0.3) is 0 Å². The molecular formula is C36H60F2. The summed E-state index contributed by atoms with van der Waals surface area (Å²) in [6, 6.07) is 18.9. The Morgan fingerprint density at radius 1 is 0.447 bits per heavy atom. The molecule has 1 saturated carbocycles. The zero-order chi connectivity index (χ0) is 25.7. The van der Waals surface area contributed by atoms with E-state index in [1.165, 1.54) is 48.9 Å². The first-order valence-corrected chi connectivity index (χ1v) is 12.5. The first kappa shape index (κ1) is 42.6. The van der Waals surface area contributed by atoms with Crippen molar-refractivity contribution in [1.82, 2.24) is 0 Å². The number of benzene rings is 3. The SMILES string of the molecule is C.C.C.C.CC1CCC(C)CC1.Cc1ccc(C)c(F)c1.Cc1ccc(C)c(F)c1.Cc1ccc(C)cc1. The Balaban J connectivity index is -0.000000196. The fraction of sp³-hybridized carbons (Fsp3) is 0.500. The van der Waals surface area contributed by atoms with Crippen molar-refractivity contribution in [2.75, 3.05) is 0 Å². The van der Waals surface area contributed by atoms with Crippen LogP contribution in [0.15, 0.2) is 60.7 Å². The van der Waals surface area contributed by atoms with Crippen LogP contribution in [0.1, 0.15) is 103 Å². The molecule has 1 aliphatic rings. The highest BCUT2D eigenvalue weighted by atomic mass is 19.1. The number of halogens is 2. The molecule has 0 amide bonds. The summed E-state index contributed by atoms with van der Waals surface area (Å²) < 4.78 is 25.2. The van der Waals surface area contributed by atoms with E-state index in [4.69, 9.17) is 0 Å². The van der Waals surface area contributed by atoms with Gasteiger partial charge in [0.2, 0.25) is 0 Å². The summed E-state index contributed by atoms with van der Waals surface area (Å²) in [4.78, 5) is 0. The normalized spacial score (nSPS) is 14.9. The van der Waals surface area contributed by atoms with Crippen LogP contribution in [0, 0.1) is 65.0 Å². The van der Waals surface area contributed by atoms with Crippen molar-refractivity contribution in [3.63, 3.8) is 0 Å². The maximum Gasteiger partial charge on any atom is 0.126 e. The second-order valence-electron chi connectivity index (χ2n) is 10.0. The van der Waals surface area contributed by atoms with Crippen LogP contribution in [0.4, 0.5) is 8.78 Å². The second-order valence-corrected chi connectivity index (χ2v) is 10.0. The molecule has 4 rings (SSSR count). The second kappa shape index (κ2) is 22.5. The molecule has 0 unspecified atom stereocenters. The highest BCUT2D eigenvalue weighted by Gasteiger charge is 2.13. The van der Waals surface area contributed by atoms with Gasteiger partial charge in [0.25, 0.3) is 0 Å². The van der Waals surface area contributed by atoms with Gasteiger partial charge in [-0.25, -0.2) is 8.78 Å². The van der Waals surface area contributed by atoms with Gasteiger partial charge in [0.15, 0.2) is 0 Å². The van der Waals surface area contributed by atoms with Crippen molar-refractivity contribution in [2.24, 2.45) is 11.8 Å². The fourth-order valence-corrected chi connectivity index (χ4v) is 3.46. The Morgan fingerprint density at radius 2 is 0.684 bits per heavy atom. The van der Waals surface area contributed by atoms with Crippen LogP contribution in [-0.2, 0) is 0 Å². The molecule has 0 radical (unpaired) electrons. The van der Waals surface area contributed by atoms with Crippen LogP contribution >= 0.6 is 0 Å². The third-order valence-corrected chi connectivity index (χ3v) is 6.18. The molecule has 0 spiro atoms. The van der Waals surface area contributed by atoms with Gasteiger partial charge in [-0.15, -0.1) is 0 Å². The predicted molar refractivity (Wildman–Crippen MR) is 171 cm³/mol. The molecule has 0 aliphatic heterocycles. The maximum absolute atomic E-state index is 12.6.